The number of ketones is 1. The lowest BCUT2D eigenvalue weighted by molar-refractivity contribution is -0.141. The number of para-hydroxylation sites is 2. The van der Waals surface area contributed by atoms with Crippen LogP contribution < -0.4 is 10.1 Å². The first kappa shape index (κ1) is 19.2. The van der Waals surface area contributed by atoms with Gasteiger partial charge in [-0.1, -0.05) is 30.3 Å². The molecule has 0 aliphatic heterocycles. The molecule has 1 amide bonds. The molecule has 0 bridgehead atoms. The Morgan fingerprint density at radius 3 is 2.54 bits per heavy atom. The van der Waals surface area contributed by atoms with Gasteiger partial charge in [0.15, 0.2) is 6.61 Å². The molecule has 0 radical (unpaired) electrons. The Labute approximate surface area is 161 Å². The van der Waals surface area contributed by atoms with E-state index in [4.69, 9.17) is 9.47 Å². The lowest BCUT2D eigenvalue weighted by Crippen LogP contribution is -2.31. The number of esters is 1. The fraction of sp³-hybridized carbons (Fsp3) is 0.190. The van der Waals surface area contributed by atoms with Gasteiger partial charge in [0.25, 0.3) is 5.91 Å². The molecule has 144 valence electrons. The molecule has 3 rings (SSSR count). The van der Waals surface area contributed by atoms with E-state index < -0.39 is 18.5 Å². The standard InChI is InChI=1S/C21H20N2O5/c1-13-20(14-7-3-5-9-16(14)23-13)17(24)12-28-19(25)11-22-21(26)15-8-4-6-10-18(15)27-2/h3-10,23H,11-12H2,1-2H3,(H,22,26). The van der Waals surface area contributed by atoms with Crippen LogP contribution in [-0.4, -0.2) is 42.9 Å². The number of aromatic nitrogens is 1. The monoisotopic (exact) mass is 380 g/mol. The number of hydrogen-bond acceptors (Lipinski definition) is 5. The summed E-state index contributed by atoms with van der Waals surface area (Å²) in [6, 6.07) is 14.1. The van der Waals surface area contributed by atoms with Crippen molar-refractivity contribution >= 4 is 28.6 Å². The third kappa shape index (κ3) is 4.03. The van der Waals surface area contributed by atoms with E-state index >= 15 is 0 Å². The van der Waals surface area contributed by atoms with Gasteiger partial charge in [-0.15, -0.1) is 0 Å². The fourth-order valence-corrected chi connectivity index (χ4v) is 2.99. The zero-order valence-corrected chi connectivity index (χ0v) is 15.6. The Kier molecular flexibility index (Phi) is 5.74. The molecule has 0 saturated heterocycles. The summed E-state index contributed by atoms with van der Waals surface area (Å²) >= 11 is 0. The molecule has 0 saturated carbocycles. The van der Waals surface area contributed by atoms with Crippen LogP contribution >= 0.6 is 0 Å². The normalized spacial score (nSPS) is 10.5. The van der Waals surface area contributed by atoms with Crippen LogP contribution in [0, 0.1) is 6.92 Å². The molecule has 2 N–H and O–H groups in total. The first-order valence-electron chi connectivity index (χ1n) is 8.68. The summed E-state index contributed by atoms with van der Waals surface area (Å²) in [6.07, 6.45) is 0. The smallest absolute Gasteiger partial charge is 0.325 e. The summed E-state index contributed by atoms with van der Waals surface area (Å²) < 4.78 is 10.1. The maximum Gasteiger partial charge on any atom is 0.325 e. The van der Waals surface area contributed by atoms with Crippen molar-refractivity contribution in [3.63, 3.8) is 0 Å². The Balaban J connectivity index is 1.56. The molecule has 28 heavy (non-hydrogen) atoms. The van der Waals surface area contributed by atoms with Crippen LogP contribution in [0.15, 0.2) is 48.5 Å². The number of hydrogen-bond donors (Lipinski definition) is 2. The molecule has 0 aliphatic carbocycles. The van der Waals surface area contributed by atoms with E-state index in [1.54, 1.807) is 31.2 Å². The molecular formula is C21H20N2O5. The van der Waals surface area contributed by atoms with Crippen molar-refractivity contribution in [1.82, 2.24) is 10.3 Å². The van der Waals surface area contributed by atoms with Gasteiger partial charge in [0.1, 0.15) is 12.3 Å². The van der Waals surface area contributed by atoms with Crippen LogP contribution in [0.3, 0.4) is 0 Å². The Hall–Kier alpha value is -3.61. The number of methoxy groups -OCH3 is 1. The fourth-order valence-electron chi connectivity index (χ4n) is 2.99. The summed E-state index contributed by atoms with van der Waals surface area (Å²) in [5.74, 6) is -1.07. The highest BCUT2D eigenvalue weighted by Crippen LogP contribution is 2.22. The topological polar surface area (TPSA) is 97.5 Å². The van der Waals surface area contributed by atoms with Crippen LogP contribution in [0.5, 0.6) is 5.75 Å². The van der Waals surface area contributed by atoms with Gasteiger partial charge in [-0.25, -0.2) is 0 Å². The van der Waals surface area contributed by atoms with Crippen molar-refractivity contribution in [3.8, 4) is 5.75 Å². The number of fused-ring (bicyclic) bond motifs is 1. The minimum absolute atomic E-state index is 0.306. The molecular weight excluding hydrogens is 360 g/mol. The Bertz CT molecular complexity index is 1040. The zero-order chi connectivity index (χ0) is 20.1. The summed E-state index contributed by atoms with van der Waals surface area (Å²) in [5.41, 5.74) is 2.37. The van der Waals surface area contributed by atoms with Crippen LogP contribution in [0.25, 0.3) is 10.9 Å². The second-order valence-electron chi connectivity index (χ2n) is 6.14. The van der Waals surface area contributed by atoms with Crippen molar-refractivity contribution in [2.45, 2.75) is 6.92 Å². The molecule has 3 aromatic rings. The number of aryl methyl sites for hydroxylation is 1. The number of carbonyl (C=O) groups is 3. The molecule has 0 fully saturated rings. The second kappa shape index (κ2) is 8.39. The van der Waals surface area contributed by atoms with Gasteiger partial charge in [-0.3, -0.25) is 14.4 Å². The number of Topliss-reactive ketones (excluding diaryl/α,β-unsaturated/α-hetero) is 1. The molecule has 2 aromatic carbocycles. The lowest BCUT2D eigenvalue weighted by atomic mass is 10.1. The predicted molar refractivity (Wildman–Crippen MR) is 104 cm³/mol. The van der Waals surface area contributed by atoms with Gasteiger partial charge in [-0.2, -0.15) is 0 Å². The van der Waals surface area contributed by atoms with E-state index in [0.717, 1.165) is 10.9 Å². The van der Waals surface area contributed by atoms with Gasteiger partial charge < -0.3 is 19.8 Å². The summed E-state index contributed by atoms with van der Waals surface area (Å²) in [5, 5.41) is 3.24. The largest absolute Gasteiger partial charge is 0.496 e. The molecule has 7 nitrogen and oxygen atoms in total. The first-order chi connectivity index (χ1) is 13.5. The van der Waals surface area contributed by atoms with E-state index in [0.29, 0.717) is 22.6 Å². The van der Waals surface area contributed by atoms with Crippen molar-refractivity contribution in [1.29, 1.82) is 0 Å². The molecule has 1 aromatic heterocycles. The van der Waals surface area contributed by atoms with Crippen LogP contribution in [0.4, 0.5) is 0 Å². The lowest BCUT2D eigenvalue weighted by Gasteiger charge is -2.09. The number of benzene rings is 2. The van der Waals surface area contributed by atoms with Crippen LogP contribution in [-0.2, 0) is 9.53 Å². The summed E-state index contributed by atoms with van der Waals surface area (Å²) in [7, 11) is 1.46. The van der Waals surface area contributed by atoms with Gasteiger partial charge >= 0.3 is 5.97 Å². The minimum atomic E-state index is -0.700. The highest BCUT2D eigenvalue weighted by molar-refractivity contribution is 6.10. The molecule has 0 atom stereocenters. The van der Waals surface area contributed by atoms with E-state index in [-0.39, 0.29) is 12.3 Å². The third-order valence-corrected chi connectivity index (χ3v) is 4.28. The zero-order valence-electron chi connectivity index (χ0n) is 15.6. The molecule has 1 heterocycles. The van der Waals surface area contributed by atoms with Crippen LogP contribution in [0.1, 0.15) is 26.4 Å². The number of H-pyrrole nitrogens is 1. The predicted octanol–water partition coefficient (Wildman–Crippen LogP) is 2.64. The molecule has 0 spiro atoms. The Morgan fingerprint density at radius 2 is 1.75 bits per heavy atom. The van der Waals surface area contributed by atoms with Crippen molar-refractivity contribution in [3.05, 3.63) is 65.4 Å². The average Bonchev–Trinajstić information content (AvgIpc) is 3.05. The molecule has 0 aliphatic rings. The number of nitrogens with one attached hydrogen (secondary N) is 2. The quantitative estimate of drug-likeness (QED) is 0.485. The van der Waals surface area contributed by atoms with E-state index in [2.05, 4.69) is 10.3 Å². The van der Waals surface area contributed by atoms with Crippen LogP contribution in [0.2, 0.25) is 0 Å². The van der Waals surface area contributed by atoms with Gasteiger partial charge in [0.2, 0.25) is 5.78 Å². The van der Waals surface area contributed by atoms with E-state index in [1.165, 1.54) is 7.11 Å². The third-order valence-electron chi connectivity index (χ3n) is 4.28. The number of aromatic amines is 1. The van der Waals surface area contributed by atoms with Crippen molar-refractivity contribution in [2.24, 2.45) is 0 Å². The number of rotatable bonds is 7. The highest BCUT2D eigenvalue weighted by atomic mass is 16.5. The summed E-state index contributed by atoms with van der Waals surface area (Å²) in [6.45, 7) is 1.05. The second-order valence-corrected chi connectivity index (χ2v) is 6.14. The number of ether oxygens (including phenoxy) is 2. The number of amides is 1. The first-order valence-corrected chi connectivity index (χ1v) is 8.68. The molecule has 7 heteroatoms. The van der Waals surface area contributed by atoms with Gasteiger partial charge in [-0.05, 0) is 25.1 Å². The van der Waals surface area contributed by atoms with Crippen molar-refractivity contribution in [2.75, 3.05) is 20.3 Å². The average molecular weight is 380 g/mol. The van der Waals surface area contributed by atoms with E-state index in [1.807, 2.05) is 24.3 Å². The summed E-state index contributed by atoms with van der Waals surface area (Å²) in [4.78, 5) is 39.7. The minimum Gasteiger partial charge on any atom is -0.496 e. The van der Waals surface area contributed by atoms with Gasteiger partial charge in [0, 0.05) is 22.2 Å². The van der Waals surface area contributed by atoms with Crippen molar-refractivity contribution < 1.29 is 23.9 Å². The number of carbonyl (C=O) groups excluding carboxylic acids is 3. The molecule has 0 unspecified atom stereocenters. The van der Waals surface area contributed by atoms with E-state index in [9.17, 15) is 14.4 Å². The van der Waals surface area contributed by atoms with Gasteiger partial charge in [0.05, 0.1) is 12.7 Å². The Morgan fingerprint density at radius 1 is 1.04 bits per heavy atom. The maximum atomic E-state index is 12.5. The highest BCUT2D eigenvalue weighted by Gasteiger charge is 2.18. The SMILES string of the molecule is COc1ccccc1C(=O)NCC(=O)OCC(=O)c1c(C)[nH]c2ccccc12. The maximum absolute atomic E-state index is 12.5.